The van der Waals surface area contributed by atoms with Gasteiger partial charge in [0, 0.05) is 23.7 Å². The summed E-state index contributed by atoms with van der Waals surface area (Å²) in [5, 5.41) is 17.9. The lowest BCUT2D eigenvalue weighted by molar-refractivity contribution is 0.0132. The molecular formula is C16H21N5O. The second-order valence-electron chi connectivity index (χ2n) is 6.28. The van der Waals surface area contributed by atoms with E-state index in [4.69, 9.17) is 0 Å². The largest absolute Gasteiger partial charge is 0.391 e. The van der Waals surface area contributed by atoms with Crippen molar-refractivity contribution < 1.29 is 5.11 Å². The number of hydrogen-bond acceptors (Lipinski definition) is 5. The smallest absolute Gasteiger partial charge is 0.133 e. The van der Waals surface area contributed by atoms with E-state index in [1.54, 1.807) is 6.20 Å². The molecule has 0 aliphatic heterocycles. The molecule has 6 nitrogen and oxygen atoms in total. The minimum absolute atomic E-state index is 0.0236. The monoisotopic (exact) mass is 299 g/mol. The Morgan fingerprint density at radius 1 is 1.27 bits per heavy atom. The molecule has 0 bridgehead atoms. The summed E-state index contributed by atoms with van der Waals surface area (Å²) in [6.07, 6.45) is 8.52. The van der Waals surface area contributed by atoms with Crippen molar-refractivity contribution in [2.24, 2.45) is 0 Å². The number of aliphatic hydroxyl groups is 1. The molecule has 22 heavy (non-hydrogen) atoms. The number of nitrogens with one attached hydrogen (secondary N) is 1. The van der Waals surface area contributed by atoms with E-state index in [9.17, 15) is 5.11 Å². The van der Waals surface area contributed by atoms with Gasteiger partial charge in [-0.05, 0) is 45.1 Å². The molecule has 2 aromatic rings. The Morgan fingerprint density at radius 3 is 2.91 bits per heavy atom. The van der Waals surface area contributed by atoms with Gasteiger partial charge in [0.2, 0.25) is 0 Å². The standard InChI is InChI=1S/C16H21N5O/c1-10-18-12-6-3-2-5-11(12)16(19-10)20-13-9-14(22)15(13)21-8-4-7-17-21/h4,7-8,13-15,22H,2-3,5-6,9H2,1H3,(H,18,19,20)/t13-,14+,15+/m0/s1. The zero-order valence-corrected chi connectivity index (χ0v) is 12.7. The van der Waals surface area contributed by atoms with Crippen molar-refractivity contribution in [3.63, 3.8) is 0 Å². The Kier molecular flexibility index (Phi) is 3.33. The summed E-state index contributed by atoms with van der Waals surface area (Å²) >= 11 is 0. The maximum atomic E-state index is 10.1. The number of fused-ring (bicyclic) bond motifs is 1. The van der Waals surface area contributed by atoms with Crippen LogP contribution in [0.2, 0.25) is 0 Å². The van der Waals surface area contributed by atoms with Gasteiger partial charge in [0.1, 0.15) is 11.6 Å². The summed E-state index contributed by atoms with van der Waals surface area (Å²) in [7, 11) is 0. The van der Waals surface area contributed by atoms with E-state index in [0.29, 0.717) is 0 Å². The Bertz CT molecular complexity index is 669. The molecule has 2 aliphatic rings. The Labute approximate surface area is 129 Å². The fourth-order valence-electron chi connectivity index (χ4n) is 3.59. The maximum Gasteiger partial charge on any atom is 0.133 e. The molecule has 0 spiro atoms. The van der Waals surface area contributed by atoms with Crippen molar-refractivity contribution >= 4 is 5.82 Å². The van der Waals surface area contributed by atoms with E-state index in [2.05, 4.69) is 20.4 Å². The minimum Gasteiger partial charge on any atom is -0.391 e. The van der Waals surface area contributed by atoms with Crippen molar-refractivity contribution in [3.05, 3.63) is 35.5 Å². The van der Waals surface area contributed by atoms with Crippen LogP contribution in [0.1, 0.15) is 42.4 Å². The van der Waals surface area contributed by atoms with Gasteiger partial charge in [-0.3, -0.25) is 4.68 Å². The lowest BCUT2D eigenvalue weighted by atomic mass is 9.82. The summed E-state index contributed by atoms with van der Waals surface area (Å²) < 4.78 is 1.84. The third-order valence-corrected chi connectivity index (χ3v) is 4.75. The fraction of sp³-hybridized carbons (Fsp3) is 0.562. The van der Waals surface area contributed by atoms with Gasteiger partial charge >= 0.3 is 0 Å². The third kappa shape index (κ3) is 2.27. The highest BCUT2D eigenvalue weighted by Crippen LogP contribution is 2.36. The molecular weight excluding hydrogens is 278 g/mol. The predicted molar refractivity (Wildman–Crippen MR) is 82.7 cm³/mol. The Morgan fingerprint density at radius 2 is 2.14 bits per heavy atom. The first kappa shape index (κ1) is 13.7. The van der Waals surface area contributed by atoms with Gasteiger partial charge in [0.25, 0.3) is 0 Å². The van der Waals surface area contributed by atoms with Gasteiger partial charge in [-0.1, -0.05) is 0 Å². The molecule has 2 heterocycles. The van der Waals surface area contributed by atoms with Crippen LogP contribution in [0.3, 0.4) is 0 Å². The number of nitrogens with zero attached hydrogens (tertiary/aromatic N) is 4. The molecule has 2 aromatic heterocycles. The lowest BCUT2D eigenvalue weighted by Crippen LogP contribution is -2.51. The van der Waals surface area contributed by atoms with E-state index in [1.807, 2.05) is 23.9 Å². The summed E-state index contributed by atoms with van der Waals surface area (Å²) in [6.45, 7) is 1.95. The van der Waals surface area contributed by atoms with Crippen LogP contribution in [0.5, 0.6) is 0 Å². The number of anilines is 1. The molecule has 116 valence electrons. The van der Waals surface area contributed by atoms with Crippen molar-refractivity contribution in [2.75, 3.05) is 5.32 Å². The normalized spacial score (nSPS) is 27.1. The molecule has 0 saturated heterocycles. The molecule has 4 rings (SSSR count). The first-order valence-corrected chi connectivity index (χ1v) is 8.02. The third-order valence-electron chi connectivity index (χ3n) is 4.75. The van der Waals surface area contributed by atoms with Gasteiger partial charge < -0.3 is 10.4 Å². The second-order valence-corrected chi connectivity index (χ2v) is 6.28. The summed E-state index contributed by atoms with van der Waals surface area (Å²) in [6, 6.07) is 2.03. The van der Waals surface area contributed by atoms with Gasteiger partial charge in [-0.15, -0.1) is 0 Å². The van der Waals surface area contributed by atoms with E-state index in [-0.39, 0.29) is 18.2 Å². The van der Waals surface area contributed by atoms with Crippen LogP contribution in [-0.4, -0.2) is 37.0 Å². The second kappa shape index (κ2) is 5.35. The van der Waals surface area contributed by atoms with E-state index < -0.39 is 0 Å². The van der Waals surface area contributed by atoms with Crippen LogP contribution >= 0.6 is 0 Å². The molecule has 0 radical (unpaired) electrons. The molecule has 3 atom stereocenters. The molecule has 6 heteroatoms. The van der Waals surface area contributed by atoms with Crippen LogP contribution in [0.15, 0.2) is 18.5 Å². The van der Waals surface area contributed by atoms with Crippen molar-refractivity contribution in [2.45, 2.75) is 57.2 Å². The van der Waals surface area contributed by atoms with Crippen molar-refractivity contribution in [1.82, 2.24) is 19.7 Å². The zero-order valence-electron chi connectivity index (χ0n) is 12.7. The molecule has 0 aromatic carbocycles. The van der Waals surface area contributed by atoms with Crippen molar-refractivity contribution in [1.29, 1.82) is 0 Å². The first-order chi connectivity index (χ1) is 10.7. The molecule has 0 unspecified atom stereocenters. The number of rotatable bonds is 3. The highest BCUT2D eigenvalue weighted by atomic mass is 16.3. The Hall–Kier alpha value is -1.95. The summed E-state index contributed by atoms with van der Waals surface area (Å²) in [4.78, 5) is 9.21. The minimum atomic E-state index is -0.351. The van der Waals surface area contributed by atoms with Crippen molar-refractivity contribution in [3.8, 4) is 0 Å². The van der Waals surface area contributed by atoms with Crippen LogP contribution in [-0.2, 0) is 12.8 Å². The predicted octanol–water partition coefficient (Wildman–Crippen LogP) is 1.65. The number of aryl methyl sites for hydroxylation is 2. The molecule has 2 N–H and O–H groups in total. The highest BCUT2D eigenvalue weighted by Gasteiger charge is 2.42. The molecule has 0 amide bonds. The molecule has 2 aliphatic carbocycles. The SMILES string of the molecule is Cc1nc2c(c(N[C@H]3C[C@@H](O)[C@@H]3n3cccn3)n1)CCCC2. The van der Waals surface area contributed by atoms with Gasteiger partial charge in [0.15, 0.2) is 0 Å². The van der Waals surface area contributed by atoms with Gasteiger partial charge in [-0.25, -0.2) is 9.97 Å². The molecule has 1 fully saturated rings. The van der Waals surface area contributed by atoms with Crippen LogP contribution < -0.4 is 5.32 Å². The maximum absolute atomic E-state index is 10.1. The lowest BCUT2D eigenvalue weighted by Gasteiger charge is -2.42. The van der Waals surface area contributed by atoms with Gasteiger partial charge in [-0.2, -0.15) is 5.10 Å². The van der Waals surface area contributed by atoms with Gasteiger partial charge in [0.05, 0.1) is 18.2 Å². The molecule has 1 saturated carbocycles. The van der Waals surface area contributed by atoms with Crippen LogP contribution in [0.4, 0.5) is 5.82 Å². The number of aliphatic hydroxyl groups excluding tert-OH is 1. The topological polar surface area (TPSA) is 75.9 Å². The van der Waals surface area contributed by atoms with E-state index in [1.165, 1.54) is 24.1 Å². The highest BCUT2D eigenvalue weighted by molar-refractivity contribution is 5.49. The first-order valence-electron chi connectivity index (χ1n) is 8.02. The average Bonchev–Trinajstić information content (AvgIpc) is 2.99. The van der Waals surface area contributed by atoms with Crippen LogP contribution in [0, 0.1) is 6.92 Å². The Balaban J connectivity index is 1.60. The summed E-state index contributed by atoms with van der Waals surface area (Å²) in [5.74, 6) is 1.77. The summed E-state index contributed by atoms with van der Waals surface area (Å²) in [5.41, 5.74) is 2.45. The number of hydrogen-bond donors (Lipinski definition) is 2. The zero-order chi connectivity index (χ0) is 15.1. The van der Waals surface area contributed by atoms with Crippen LogP contribution in [0.25, 0.3) is 0 Å². The fourth-order valence-corrected chi connectivity index (χ4v) is 3.59. The van der Waals surface area contributed by atoms with E-state index >= 15 is 0 Å². The average molecular weight is 299 g/mol. The number of aromatic nitrogens is 4. The quantitative estimate of drug-likeness (QED) is 0.901. The van der Waals surface area contributed by atoms with E-state index in [0.717, 1.165) is 30.9 Å².